The van der Waals surface area contributed by atoms with Crippen LogP contribution in [0.1, 0.15) is 12.5 Å². The number of aromatic nitrogens is 4. The van der Waals surface area contributed by atoms with Crippen LogP contribution in [-0.4, -0.2) is 33.4 Å². The first kappa shape index (κ1) is 12.9. The van der Waals surface area contributed by atoms with Gasteiger partial charge in [-0.3, -0.25) is 0 Å². The zero-order valence-electron chi connectivity index (χ0n) is 11.0. The van der Waals surface area contributed by atoms with Crippen LogP contribution in [0.5, 0.6) is 5.75 Å². The monoisotopic (exact) mass is 291 g/mol. The van der Waals surface area contributed by atoms with Gasteiger partial charge in [0.1, 0.15) is 12.4 Å². The normalized spacial score (nSPS) is 13.4. The summed E-state index contributed by atoms with van der Waals surface area (Å²) in [5.41, 5.74) is 2.10. The molecule has 2 aromatic rings. The summed E-state index contributed by atoms with van der Waals surface area (Å²) in [4.78, 5) is 1.53. The Kier molecular flexibility index (Phi) is 3.56. The lowest BCUT2D eigenvalue weighted by Gasteiger charge is -2.18. The van der Waals surface area contributed by atoms with Crippen molar-refractivity contribution >= 4 is 23.6 Å². The highest BCUT2D eigenvalue weighted by atomic mass is 35.5. The summed E-state index contributed by atoms with van der Waals surface area (Å²) in [6.45, 7) is 3.82. The lowest BCUT2D eigenvalue weighted by atomic mass is 10.1. The van der Waals surface area contributed by atoms with Gasteiger partial charge in [0.15, 0.2) is 0 Å². The van der Waals surface area contributed by atoms with Crippen molar-refractivity contribution in [2.24, 2.45) is 0 Å². The zero-order chi connectivity index (χ0) is 13.9. The summed E-state index contributed by atoms with van der Waals surface area (Å²) in [5, 5.41) is 15.8. The number of benzene rings is 1. The number of tetrazole rings is 1. The number of hydrogen-bond acceptors (Lipinski definition) is 5. The fourth-order valence-electron chi connectivity index (χ4n) is 1.94. The van der Waals surface area contributed by atoms with Gasteiger partial charge in [-0.05, 0) is 42.0 Å². The Morgan fingerprint density at radius 2 is 2.35 bits per heavy atom. The molecule has 0 saturated heterocycles. The third-order valence-corrected chi connectivity index (χ3v) is 3.19. The average molecular weight is 292 g/mol. The molecule has 0 fully saturated rings. The molecule has 20 heavy (non-hydrogen) atoms. The van der Waals surface area contributed by atoms with E-state index in [2.05, 4.69) is 26.8 Å². The topological polar surface area (TPSA) is 64.9 Å². The molecule has 2 heterocycles. The molecule has 1 aliphatic heterocycles. The van der Waals surface area contributed by atoms with Crippen molar-refractivity contribution in [2.75, 3.05) is 18.5 Å². The van der Waals surface area contributed by atoms with Gasteiger partial charge in [-0.2, -0.15) is 4.80 Å². The zero-order valence-corrected chi connectivity index (χ0v) is 11.8. The van der Waals surface area contributed by atoms with E-state index in [1.807, 2.05) is 25.1 Å². The van der Waals surface area contributed by atoms with E-state index < -0.39 is 0 Å². The van der Waals surface area contributed by atoms with Crippen molar-refractivity contribution in [2.45, 2.75) is 13.5 Å². The predicted molar refractivity (Wildman–Crippen MR) is 76.9 cm³/mol. The van der Waals surface area contributed by atoms with Gasteiger partial charge in [0.25, 0.3) is 5.95 Å². The largest absolute Gasteiger partial charge is 0.489 e. The molecular formula is C13H14ClN5O. The fraction of sp³-hybridized carbons (Fsp3) is 0.308. The van der Waals surface area contributed by atoms with Crippen molar-refractivity contribution in [1.29, 1.82) is 0 Å². The fourth-order valence-corrected chi connectivity index (χ4v) is 2.12. The maximum atomic E-state index is 5.98. The number of rotatable bonds is 4. The molecule has 7 heteroatoms. The lowest BCUT2D eigenvalue weighted by Crippen LogP contribution is -2.15. The minimum atomic E-state index is 0.518. The SMILES string of the molecule is CCn1nnc(NCC2=Cc3cc(Cl)ccc3OC2)n1. The Hall–Kier alpha value is -2.08. The molecule has 0 unspecified atom stereocenters. The van der Waals surface area contributed by atoms with E-state index in [0.29, 0.717) is 30.7 Å². The van der Waals surface area contributed by atoms with Gasteiger partial charge in [0.05, 0.1) is 6.54 Å². The molecule has 0 bridgehead atoms. The molecule has 0 atom stereocenters. The van der Waals surface area contributed by atoms with Crippen LogP contribution < -0.4 is 10.1 Å². The van der Waals surface area contributed by atoms with E-state index in [-0.39, 0.29) is 0 Å². The van der Waals surface area contributed by atoms with Crippen LogP contribution in [0.4, 0.5) is 5.95 Å². The number of nitrogens with zero attached hydrogens (tertiary/aromatic N) is 4. The second-order valence-electron chi connectivity index (χ2n) is 4.43. The summed E-state index contributed by atoms with van der Waals surface area (Å²) in [7, 11) is 0. The number of halogens is 1. The molecule has 1 aliphatic rings. The van der Waals surface area contributed by atoms with Gasteiger partial charge in [-0.15, -0.1) is 5.10 Å². The van der Waals surface area contributed by atoms with E-state index >= 15 is 0 Å². The van der Waals surface area contributed by atoms with Crippen molar-refractivity contribution in [3.05, 3.63) is 34.4 Å². The van der Waals surface area contributed by atoms with Crippen molar-refractivity contribution in [1.82, 2.24) is 20.2 Å². The highest BCUT2D eigenvalue weighted by Crippen LogP contribution is 2.28. The predicted octanol–water partition coefficient (Wildman–Crippen LogP) is 2.23. The van der Waals surface area contributed by atoms with Gasteiger partial charge in [-0.1, -0.05) is 16.7 Å². The molecule has 104 valence electrons. The number of aryl methyl sites for hydroxylation is 1. The standard InChI is InChI=1S/C13H14ClN5O/c1-2-19-17-13(16-18-19)15-7-9-5-10-6-11(14)3-4-12(10)20-8-9/h3-6H,2,7-8H2,1H3,(H,15,17). The molecule has 6 nitrogen and oxygen atoms in total. The van der Waals surface area contributed by atoms with Crippen molar-refractivity contribution in [3.8, 4) is 5.75 Å². The van der Waals surface area contributed by atoms with Gasteiger partial charge in [-0.25, -0.2) is 0 Å². The second-order valence-corrected chi connectivity index (χ2v) is 4.86. The molecule has 1 aromatic carbocycles. The van der Waals surface area contributed by atoms with Crippen LogP contribution in [0.25, 0.3) is 6.08 Å². The Labute approximate surface area is 121 Å². The third kappa shape index (κ3) is 2.75. The molecule has 1 N–H and O–H groups in total. The summed E-state index contributed by atoms with van der Waals surface area (Å²) >= 11 is 5.98. The molecule has 0 spiro atoms. The Bertz CT molecular complexity index is 652. The van der Waals surface area contributed by atoms with E-state index in [4.69, 9.17) is 16.3 Å². The molecule has 0 aliphatic carbocycles. The van der Waals surface area contributed by atoms with E-state index in [0.717, 1.165) is 16.9 Å². The average Bonchev–Trinajstić information content (AvgIpc) is 2.92. The minimum absolute atomic E-state index is 0.518. The van der Waals surface area contributed by atoms with E-state index in [9.17, 15) is 0 Å². The number of nitrogens with one attached hydrogen (secondary N) is 1. The molecule has 0 radical (unpaired) electrons. The van der Waals surface area contributed by atoms with Gasteiger partial charge >= 0.3 is 0 Å². The number of fused-ring (bicyclic) bond motifs is 1. The molecule has 0 saturated carbocycles. The number of anilines is 1. The first-order chi connectivity index (χ1) is 9.74. The van der Waals surface area contributed by atoms with Crippen LogP contribution in [-0.2, 0) is 6.54 Å². The van der Waals surface area contributed by atoms with Crippen molar-refractivity contribution < 1.29 is 4.74 Å². The summed E-state index contributed by atoms with van der Waals surface area (Å²) < 4.78 is 5.68. The summed E-state index contributed by atoms with van der Waals surface area (Å²) in [6.07, 6.45) is 2.07. The Balaban J connectivity index is 1.69. The highest BCUT2D eigenvalue weighted by molar-refractivity contribution is 6.30. The molecular weight excluding hydrogens is 278 g/mol. The number of hydrogen-bond donors (Lipinski definition) is 1. The maximum Gasteiger partial charge on any atom is 0.263 e. The number of ether oxygens (including phenoxy) is 1. The summed E-state index contributed by atoms with van der Waals surface area (Å²) in [5.74, 6) is 1.37. The first-order valence-electron chi connectivity index (χ1n) is 6.38. The minimum Gasteiger partial charge on any atom is -0.489 e. The van der Waals surface area contributed by atoms with E-state index in [1.165, 1.54) is 4.80 Å². The maximum absolute atomic E-state index is 5.98. The quantitative estimate of drug-likeness (QED) is 0.936. The third-order valence-electron chi connectivity index (χ3n) is 2.95. The van der Waals surface area contributed by atoms with Gasteiger partial charge < -0.3 is 10.1 Å². The molecule has 1 aromatic heterocycles. The van der Waals surface area contributed by atoms with Gasteiger partial charge in [0.2, 0.25) is 0 Å². The lowest BCUT2D eigenvalue weighted by molar-refractivity contribution is 0.346. The second kappa shape index (κ2) is 5.50. The van der Waals surface area contributed by atoms with Crippen LogP contribution in [0.3, 0.4) is 0 Å². The van der Waals surface area contributed by atoms with Crippen molar-refractivity contribution in [3.63, 3.8) is 0 Å². The molecule has 0 amide bonds. The van der Waals surface area contributed by atoms with Gasteiger partial charge in [0, 0.05) is 17.1 Å². The Morgan fingerprint density at radius 3 is 3.15 bits per heavy atom. The van der Waals surface area contributed by atoms with Crippen LogP contribution in [0, 0.1) is 0 Å². The molecule has 3 rings (SSSR count). The Morgan fingerprint density at radius 1 is 1.45 bits per heavy atom. The highest BCUT2D eigenvalue weighted by Gasteiger charge is 2.12. The smallest absolute Gasteiger partial charge is 0.263 e. The van der Waals surface area contributed by atoms with Crippen LogP contribution in [0.15, 0.2) is 23.8 Å². The first-order valence-corrected chi connectivity index (χ1v) is 6.76. The summed E-state index contributed by atoms with van der Waals surface area (Å²) in [6, 6.07) is 5.60. The van der Waals surface area contributed by atoms with Crippen LogP contribution in [0.2, 0.25) is 5.02 Å². The van der Waals surface area contributed by atoms with Crippen LogP contribution >= 0.6 is 11.6 Å². The van der Waals surface area contributed by atoms with E-state index in [1.54, 1.807) is 0 Å².